The van der Waals surface area contributed by atoms with Gasteiger partial charge in [0.25, 0.3) is 0 Å². The van der Waals surface area contributed by atoms with E-state index in [1.165, 1.54) is 0 Å². The topological polar surface area (TPSA) is 58.6 Å². The fourth-order valence-corrected chi connectivity index (χ4v) is 1.79. The molecule has 1 aromatic carbocycles. The van der Waals surface area contributed by atoms with Crippen LogP contribution >= 0.6 is 0 Å². The van der Waals surface area contributed by atoms with E-state index in [0.717, 1.165) is 17.7 Å². The molecule has 0 spiro atoms. The number of nitrogens with one attached hydrogen (secondary N) is 1. The lowest BCUT2D eigenvalue weighted by Crippen LogP contribution is -2.33. The van der Waals surface area contributed by atoms with E-state index >= 15 is 0 Å². The SMILES string of the molecule is Cc1ccccc1OCCC(=O)NC(C)CCCO. The molecule has 1 aromatic rings. The number of para-hydroxylation sites is 1. The summed E-state index contributed by atoms with van der Waals surface area (Å²) in [5, 5.41) is 11.6. The standard InChI is InChI=1S/C15H23NO3/c1-12-6-3-4-8-14(12)19-11-9-15(18)16-13(2)7-5-10-17/h3-4,6,8,13,17H,5,7,9-11H2,1-2H3,(H,16,18). The van der Waals surface area contributed by atoms with E-state index in [0.29, 0.717) is 19.4 Å². The highest BCUT2D eigenvalue weighted by atomic mass is 16.5. The van der Waals surface area contributed by atoms with Gasteiger partial charge in [-0.25, -0.2) is 0 Å². The second-order valence-corrected chi connectivity index (χ2v) is 4.70. The highest BCUT2D eigenvalue weighted by Gasteiger charge is 2.07. The number of benzene rings is 1. The average molecular weight is 265 g/mol. The minimum Gasteiger partial charge on any atom is -0.493 e. The second-order valence-electron chi connectivity index (χ2n) is 4.70. The Bertz CT molecular complexity index is 393. The molecule has 0 aromatic heterocycles. The van der Waals surface area contributed by atoms with Crippen LogP contribution in [0.2, 0.25) is 0 Å². The summed E-state index contributed by atoms with van der Waals surface area (Å²) in [5.74, 6) is 0.808. The lowest BCUT2D eigenvalue weighted by Gasteiger charge is -2.13. The van der Waals surface area contributed by atoms with E-state index in [2.05, 4.69) is 5.32 Å². The van der Waals surface area contributed by atoms with Crippen LogP contribution in [0.4, 0.5) is 0 Å². The van der Waals surface area contributed by atoms with Crippen molar-refractivity contribution in [2.75, 3.05) is 13.2 Å². The summed E-state index contributed by atoms with van der Waals surface area (Å²) in [5.41, 5.74) is 1.07. The Kier molecular flexibility index (Phi) is 6.97. The number of hydrogen-bond acceptors (Lipinski definition) is 3. The van der Waals surface area contributed by atoms with Crippen LogP contribution in [0.15, 0.2) is 24.3 Å². The van der Waals surface area contributed by atoms with Gasteiger partial charge in [0.15, 0.2) is 0 Å². The second kappa shape index (κ2) is 8.53. The average Bonchev–Trinajstić information content (AvgIpc) is 2.38. The minimum atomic E-state index is -0.0148. The molecule has 19 heavy (non-hydrogen) atoms. The Hall–Kier alpha value is -1.55. The summed E-state index contributed by atoms with van der Waals surface area (Å²) in [7, 11) is 0. The molecule has 1 unspecified atom stereocenters. The molecule has 0 aliphatic heterocycles. The van der Waals surface area contributed by atoms with Gasteiger partial charge in [-0.2, -0.15) is 0 Å². The van der Waals surface area contributed by atoms with Crippen LogP contribution in [0.1, 0.15) is 31.7 Å². The number of hydrogen-bond donors (Lipinski definition) is 2. The maximum Gasteiger partial charge on any atom is 0.223 e. The van der Waals surface area contributed by atoms with Crippen molar-refractivity contribution in [3.8, 4) is 5.75 Å². The molecular formula is C15H23NO3. The normalized spacial score (nSPS) is 11.9. The van der Waals surface area contributed by atoms with Crippen molar-refractivity contribution in [1.82, 2.24) is 5.32 Å². The fraction of sp³-hybridized carbons (Fsp3) is 0.533. The third kappa shape index (κ3) is 6.25. The van der Waals surface area contributed by atoms with E-state index in [4.69, 9.17) is 9.84 Å². The summed E-state index contributed by atoms with van der Waals surface area (Å²) < 4.78 is 5.57. The number of rotatable bonds is 8. The Balaban J connectivity index is 2.22. The van der Waals surface area contributed by atoms with Gasteiger partial charge in [0, 0.05) is 12.6 Å². The Labute approximate surface area is 114 Å². The van der Waals surface area contributed by atoms with Crippen LogP contribution in [0, 0.1) is 6.92 Å². The summed E-state index contributed by atoms with van der Waals surface area (Å²) in [6.07, 6.45) is 1.85. The van der Waals surface area contributed by atoms with Crippen LogP contribution in [0.5, 0.6) is 5.75 Å². The minimum absolute atomic E-state index is 0.0148. The molecule has 0 radical (unpaired) electrons. The molecule has 0 saturated heterocycles. The molecule has 2 N–H and O–H groups in total. The molecule has 0 heterocycles. The van der Waals surface area contributed by atoms with E-state index < -0.39 is 0 Å². The van der Waals surface area contributed by atoms with Gasteiger partial charge in [0.05, 0.1) is 13.0 Å². The summed E-state index contributed by atoms with van der Waals surface area (Å²) in [6.45, 7) is 4.46. The monoisotopic (exact) mass is 265 g/mol. The van der Waals surface area contributed by atoms with Gasteiger partial charge in [-0.3, -0.25) is 4.79 Å². The smallest absolute Gasteiger partial charge is 0.223 e. The zero-order valence-electron chi connectivity index (χ0n) is 11.7. The maximum atomic E-state index is 11.6. The van der Waals surface area contributed by atoms with Gasteiger partial charge in [-0.15, -0.1) is 0 Å². The molecule has 1 rings (SSSR count). The molecule has 0 aliphatic rings. The molecule has 4 nitrogen and oxygen atoms in total. The van der Waals surface area contributed by atoms with Gasteiger partial charge >= 0.3 is 0 Å². The summed E-state index contributed by atoms with van der Waals surface area (Å²) in [4.78, 5) is 11.6. The van der Waals surface area contributed by atoms with Crippen LogP contribution in [0.25, 0.3) is 0 Å². The number of amides is 1. The third-order valence-corrected chi connectivity index (χ3v) is 2.88. The summed E-state index contributed by atoms with van der Waals surface area (Å²) >= 11 is 0. The van der Waals surface area contributed by atoms with E-state index in [1.54, 1.807) is 0 Å². The number of aliphatic hydroxyl groups is 1. The van der Waals surface area contributed by atoms with Crippen LogP contribution in [-0.4, -0.2) is 30.3 Å². The molecule has 4 heteroatoms. The van der Waals surface area contributed by atoms with Crippen molar-refractivity contribution >= 4 is 5.91 Å². The molecule has 1 atom stereocenters. The van der Waals surface area contributed by atoms with Gasteiger partial charge < -0.3 is 15.2 Å². The van der Waals surface area contributed by atoms with Crippen molar-refractivity contribution in [2.45, 2.75) is 39.2 Å². The zero-order valence-corrected chi connectivity index (χ0v) is 11.7. The zero-order chi connectivity index (χ0) is 14.1. The predicted molar refractivity (Wildman–Crippen MR) is 75.2 cm³/mol. The van der Waals surface area contributed by atoms with Crippen molar-refractivity contribution in [2.24, 2.45) is 0 Å². The van der Waals surface area contributed by atoms with Gasteiger partial charge in [-0.05, 0) is 38.3 Å². The molecular weight excluding hydrogens is 242 g/mol. The van der Waals surface area contributed by atoms with E-state index in [9.17, 15) is 4.79 Å². The van der Waals surface area contributed by atoms with Gasteiger partial charge in [0.2, 0.25) is 5.91 Å². The number of carbonyl (C=O) groups is 1. The van der Waals surface area contributed by atoms with Crippen molar-refractivity contribution in [1.29, 1.82) is 0 Å². The highest BCUT2D eigenvalue weighted by Crippen LogP contribution is 2.16. The first-order valence-corrected chi connectivity index (χ1v) is 6.72. The Morgan fingerprint density at radius 2 is 2.16 bits per heavy atom. The van der Waals surface area contributed by atoms with Crippen LogP contribution in [0.3, 0.4) is 0 Å². The molecule has 1 amide bonds. The number of aliphatic hydroxyl groups excluding tert-OH is 1. The Morgan fingerprint density at radius 3 is 2.84 bits per heavy atom. The molecule has 0 bridgehead atoms. The maximum absolute atomic E-state index is 11.6. The highest BCUT2D eigenvalue weighted by molar-refractivity contribution is 5.76. The van der Waals surface area contributed by atoms with Crippen LogP contribution < -0.4 is 10.1 Å². The lowest BCUT2D eigenvalue weighted by molar-refractivity contribution is -0.122. The lowest BCUT2D eigenvalue weighted by atomic mass is 10.2. The van der Waals surface area contributed by atoms with E-state index in [-0.39, 0.29) is 18.6 Å². The predicted octanol–water partition coefficient (Wildman–Crippen LogP) is 2.04. The van der Waals surface area contributed by atoms with Crippen molar-refractivity contribution < 1.29 is 14.6 Å². The first-order valence-electron chi connectivity index (χ1n) is 6.72. The quantitative estimate of drug-likeness (QED) is 0.756. The van der Waals surface area contributed by atoms with Gasteiger partial charge in [0.1, 0.15) is 5.75 Å². The first-order chi connectivity index (χ1) is 9.13. The molecule has 0 saturated carbocycles. The Morgan fingerprint density at radius 1 is 1.42 bits per heavy atom. The number of aryl methyl sites for hydroxylation is 1. The first kappa shape index (κ1) is 15.5. The molecule has 0 fully saturated rings. The summed E-state index contributed by atoms with van der Waals surface area (Å²) in [6, 6.07) is 7.85. The van der Waals surface area contributed by atoms with Gasteiger partial charge in [-0.1, -0.05) is 18.2 Å². The molecule has 0 aliphatic carbocycles. The largest absolute Gasteiger partial charge is 0.493 e. The fourth-order valence-electron chi connectivity index (χ4n) is 1.79. The van der Waals surface area contributed by atoms with Crippen LogP contribution in [-0.2, 0) is 4.79 Å². The van der Waals surface area contributed by atoms with Crippen molar-refractivity contribution in [3.05, 3.63) is 29.8 Å². The number of ether oxygens (including phenoxy) is 1. The van der Waals surface area contributed by atoms with Crippen molar-refractivity contribution in [3.63, 3.8) is 0 Å². The molecule has 106 valence electrons. The van der Waals surface area contributed by atoms with E-state index in [1.807, 2.05) is 38.1 Å². The third-order valence-electron chi connectivity index (χ3n) is 2.88. The number of carbonyl (C=O) groups excluding carboxylic acids is 1.